The predicted octanol–water partition coefficient (Wildman–Crippen LogP) is 1.32. The fourth-order valence-electron chi connectivity index (χ4n) is 3.92. The molecule has 2 aromatic heterocycles. The number of hydrogen-bond donors (Lipinski definition) is 4. The topological polar surface area (TPSA) is 151 Å². The number of rotatable bonds is 5. The number of anilines is 1. The summed E-state index contributed by atoms with van der Waals surface area (Å²) in [5.41, 5.74) is 1.02. The van der Waals surface area contributed by atoms with E-state index in [1.807, 2.05) is 6.07 Å². The van der Waals surface area contributed by atoms with Crippen LogP contribution in [0.3, 0.4) is 0 Å². The second kappa shape index (κ2) is 8.86. The molecule has 3 atom stereocenters. The largest absolute Gasteiger partial charge is 0.390 e. The van der Waals surface area contributed by atoms with Gasteiger partial charge >= 0.3 is 0 Å². The van der Waals surface area contributed by atoms with E-state index in [4.69, 9.17) is 0 Å². The quantitative estimate of drug-likeness (QED) is 0.465. The van der Waals surface area contributed by atoms with Gasteiger partial charge in [0.15, 0.2) is 11.3 Å². The third-order valence-corrected chi connectivity index (χ3v) is 5.65. The highest BCUT2D eigenvalue weighted by Gasteiger charge is 2.32. The molecule has 1 aromatic carbocycles. The maximum absolute atomic E-state index is 13.7. The molecule has 0 spiro atoms. The first-order valence-corrected chi connectivity index (χ1v) is 10.1. The first-order valence-electron chi connectivity index (χ1n) is 10.1. The number of carbonyl (C=O) groups excluding carboxylic acids is 1. The molecule has 10 nitrogen and oxygen atoms in total. The van der Waals surface area contributed by atoms with Crippen LogP contribution in [0.25, 0.3) is 11.0 Å². The minimum Gasteiger partial charge on any atom is -0.390 e. The van der Waals surface area contributed by atoms with Crippen molar-refractivity contribution < 1.29 is 19.4 Å². The van der Waals surface area contributed by atoms with Crippen LogP contribution in [0.4, 0.5) is 10.2 Å². The molecule has 4 N–H and O–H groups in total. The number of benzene rings is 1. The van der Waals surface area contributed by atoms with Crippen LogP contribution in [0, 0.1) is 17.1 Å². The lowest BCUT2D eigenvalue weighted by Crippen LogP contribution is -2.45. The number of aromatic nitrogens is 4. The number of carbonyl (C=O) groups is 1. The molecule has 4 rings (SSSR count). The second-order valence-corrected chi connectivity index (χ2v) is 7.83. The van der Waals surface area contributed by atoms with Crippen molar-refractivity contribution in [2.45, 2.75) is 44.1 Å². The smallest absolute Gasteiger partial charge is 0.275 e. The highest BCUT2D eigenvalue weighted by Crippen LogP contribution is 2.27. The van der Waals surface area contributed by atoms with Gasteiger partial charge in [0, 0.05) is 13.6 Å². The number of aliphatic hydroxyl groups is 2. The zero-order chi connectivity index (χ0) is 22.8. The monoisotopic (exact) mass is 439 g/mol. The van der Waals surface area contributed by atoms with Gasteiger partial charge in [-0.15, -0.1) is 0 Å². The van der Waals surface area contributed by atoms with Crippen molar-refractivity contribution >= 4 is 22.8 Å². The maximum Gasteiger partial charge on any atom is 0.275 e. The van der Waals surface area contributed by atoms with E-state index in [0.717, 1.165) is 6.42 Å². The summed E-state index contributed by atoms with van der Waals surface area (Å²) in [6, 6.07) is 5.33. The maximum atomic E-state index is 13.7. The summed E-state index contributed by atoms with van der Waals surface area (Å²) in [5.74, 6) is -0.674. The molecule has 32 heavy (non-hydrogen) atoms. The van der Waals surface area contributed by atoms with Gasteiger partial charge in [0.1, 0.15) is 18.0 Å². The standard InChI is InChI=1S/C21H22FN7O3/c1-29(9-12-7-13(22)6-5-11(12)8-23)21(32)17-16-19(24-10-25-20(16)28-27-17)26-14-3-2-4-15(30)18(14)31/h5-7,10,14-15,18,30-31H,2-4,9H2,1H3,(H2,24,25,26,27,28)/t14-,15-,18+/m1/s1. The lowest BCUT2D eigenvalue weighted by Gasteiger charge is -2.32. The molecule has 3 aromatic rings. The first-order chi connectivity index (χ1) is 15.4. The van der Waals surface area contributed by atoms with Crippen LogP contribution in [0.5, 0.6) is 0 Å². The van der Waals surface area contributed by atoms with Gasteiger partial charge in [-0.05, 0) is 43.0 Å². The number of nitrogens with one attached hydrogen (secondary N) is 2. The molecule has 1 amide bonds. The molecular formula is C21H22FN7O3. The van der Waals surface area contributed by atoms with Crippen molar-refractivity contribution in [2.75, 3.05) is 12.4 Å². The number of aromatic amines is 1. The average molecular weight is 439 g/mol. The number of H-pyrrole nitrogens is 1. The summed E-state index contributed by atoms with van der Waals surface area (Å²) in [6.07, 6.45) is 1.37. The summed E-state index contributed by atoms with van der Waals surface area (Å²) in [4.78, 5) is 22.8. The Bertz CT molecular complexity index is 1190. The molecule has 1 aliphatic rings. The molecule has 1 fully saturated rings. The van der Waals surface area contributed by atoms with Crippen LogP contribution in [0.1, 0.15) is 40.9 Å². The number of nitriles is 1. The number of amides is 1. The molecule has 0 bridgehead atoms. The fourth-order valence-corrected chi connectivity index (χ4v) is 3.92. The molecule has 1 saturated carbocycles. The van der Waals surface area contributed by atoms with Gasteiger partial charge in [0.25, 0.3) is 5.91 Å². The summed E-state index contributed by atoms with van der Waals surface area (Å²) in [7, 11) is 1.52. The third kappa shape index (κ3) is 4.10. The van der Waals surface area contributed by atoms with Crippen LogP contribution in [-0.2, 0) is 6.54 Å². The Hall–Kier alpha value is -3.62. The van der Waals surface area contributed by atoms with Crippen molar-refractivity contribution in [2.24, 2.45) is 0 Å². The normalized spacial score (nSPS) is 20.7. The van der Waals surface area contributed by atoms with E-state index >= 15 is 0 Å². The van der Waals surface area contributed by atoms with E-state index < -0.39 is 30.0 Å². The SMILES string of the molecule is CN(Cc1cc(F)ccc1C#N)C(=O)c1n[nH]c2ncnc(N[C@@H]3CCC[C@@H](O)[C@H]3O)c12. The molecule has 2 heterocycles. The lowest BCUT2D eigenvalue weighted by molar-refractivity contribution is -0.0161. The zero-order valence-electron chi connectivity index (χ0n) is 17.3. The molecule has 0 radical (unpaired) electrons. The molecule has 11 heteroatoms. The highest BCUT2D eigenvalue weighted by atomic mass is 19.1. The van der Waals surface area contributed by atoms with Crippen LogP contribution in [0.15, 0.2) is 24.5 Å². The van der Waals surface area contributed by atoms with Crippen molar-refractivity contribution in [3.8, 4) is 6.07 Å². The molecule has 0 unspecified atom stereocenters. The lowest BCUT2D eigenvalue weighted by atomic mass is 9.90. The summed E-state index contributed by atoms with van der Waals surface area (Å²) in [5, 5.41) is 39.8. The Morgan fingerprint density at radius 2 is 2.19 bits per heavy atom. The minimum absolute atomic E-state index is 0.00216. The summed E-state index contributed by atoms with van der Waals surface area (Å²) in [6.45, 7) is -0.00216. The number of fused-ring (bicyclic) bond motifs is 1. The molecular weight excluding hydrogens is 417 g/mol. The van der Waals surface area contributed by atoms with Gasteiger partial charge in [-0.25, -0.2) is 14.4 Å². The van der Waals surface area contributed by atoms with Crippen LogP contribution < -0.4 is 5.32 Å². The minimum atomic E-state index is -0.972. The number of hydrogen-bond acceptors (Lipinski definition) is 8. The van der Waals surface area contributed by atoms with Gasteiger partial charge in [-0.2, -0.15) is 10.4 Å². The number of halogens is 1. The first kappa shape index (κ1) is 21.6. The summed E-state index contributed by atoms with van der Waals surface area (Å²) >= 11 is 0. The van der Waals surface area contributed by atoms with Crippen molar-refractivity contribution in [3.63, 3.8) is 0 Å². The van der Waals surface area contributed by atoms with E-state index in [1.54, 1.807) is 0 Å². The fraction of sp³-hybridized carbons (Fsp3) is 0.381. The van der Waals surface area contributed by atoms with Gasteiger partial charge in [0.05, 0.1) is 35.3 Å². The van der Waals surface area contributed by atoms with E-state index in [1.165, 1.54) is 36.5 Å². The Labute approximate surface area is 182 Å². The molecule has 166 valence electrons. The van der Waals surface area contributed by atoms with Crippen LogP contribution >= 0.6 is 0 Å². The van der Waals surface area contributed by atoms with E-state index in [2.05, 4.69) is 25.5 Å². The average Bonchev–Trinajstić information content (AvgIpc) is 3.21. The van der Waals surface area contributed by atoms with Crippen molar-refractivity contribution in [3.05, 3.63) is 47.2 Å². The van der Waals surface area contributed by atoms with E-state index in [9.17, 15) is 24.7 Å². The van der Waals surface area contributed by atoms with Gasteiger partial charge in [-0.1, -0.05) is 0 Å². The highest BCUT2D eigenvalue weighted by molar-refractivity contribution is 6.07. The second-order valence-electron chi connectivity index (χ2n) is 7.83. The molecule has 0 saturated heterocycles. The van der Waals surface area contributed by atoms with Crippen LogP contribution in [-0.4, -0.2) is 66.5 Å². The van der Waals surface area contributed by atoms with Crippen molar-refractivity contribution in [1.82, 2.24) is 25.1 Å². The summed E-state index contributed by atoms with van der Waals surface area (Å²) < 4.78 is 13.7. The van der Waals surface area contributed by atoms with Crippen LogP contribution in [0.2, 0.25) is 0 Å². The Kier molecular flexibility index (Phi) is 5.98. The number of aliphatic hydroxyl groups excluding tert-OH is 2. The number of nitrogens with zero attached hydrogens (tertiary/aromatic N) is 5. The van der Waals surface area contributed by atoms with Gasteiger partial charge in [-0.3, -0.25) is 9.89 Å². The van der Waals surface area contributed by atoms with E-state index in [-0.39, 0.29) is 17.8 Å². The van der Waals surface area contributed by atoms with Crippen molar-refractivity contribution in [1.29, 1.82) is 5.26 Å². The Balaban J connectivity index is 1.62. The Morgan fingerprint density at radius 1 is 1.38 bits per heavy atom. The third-order valence-electron chi connectivity index (χ3n) is 5.65. The van der Waals surface area contributed by atoms with Gasteiger partial charge in [0.2, 0.25) is 0 Å². The Morgan fingerprint density at radius 3 is 2.97 bits per heavy atom. The van der Waals surface area contributed by atoms with Gasteiger partial charge < -0.3 is 20.4 Å². The molecule has 0 aliphatic heterocycles. The zero-order valence-corrected chi connectivity index (χ0v) is 17.3. The van der Waals surface area contributed by atoms with E-state index in [0.29, 0.717) is 35.3 Å². The molecule has 1 aliphatic carbocycles. The predicted molar refractivity (Wildman–Crippen MR) is 112 cm³/mol.